The Morgan fingerprint density at radius 3 is 2.70 bits per heavy atom. The van der Waals surface area contributed by atoms with Crippen molar-refractivity contribution in [3.63, 3.8) is 0 Å². The molecule has 1 heterocycles. The zero-order valence-electron chi connectivity index (χ0n) is 11.3. The third-order valence-corrected chi connectivity index (χ3v) is 3.68. The van der Waals surface area contributed by atoms with Crippen molar-refractivity contribution in [3.8, 4) is 0 Å². The number of hydrogen-bond acceptors (Lipinski definition) is 2. The van der Waals surface area contributed by atoms with Gasteiger partial charge in [0.05, 0.1) is 0 Å². The minimum Gasteiger partial charge on any atom is -0.350 e. The first-order chi connectivity index (χ1) is 9.84. The maximum atomic E-state index is 12.4. The van der Waals surface area contributed by atoms with E-state index < -0.39 is 0 Å². The van der Waals surface area contributed by atoms with Crippen molar-refractivity contribution in [2.75, 3.05) is 6.54 Å². The fourth-order valence-electron chi connectivity index (χ4n) is 2.63. The molecule has 2 aromatic carbocycles. The molecular formula is C17H18N2O. The van der Waals surface area contributed by atoms with Gasteiger partial charge >= 0.3 is 0 Å². The summed E-state index contributed by atoms with van der Waals surface area (Å²) in [6.07, 6.45) is 0.985. The third-order valence-electron chi connectivity index (χ3n) is 3.68. The summed E-state index contributed by atoms with van der Waals surface area (Å²) in [4.78, 5) is 12.4. The minimum absolute atomic E-state index is 0.0426. The van der Waals surface area contributed by atoms with E-state index in [-0.39, 0.29) is 11.9 Å². The number of benzene rings is 2. The van der Waals surface area contributed by atoms with Crippen LogP contribution in [-0.4, -0.2) is 12.5 Å². The maximum absolute atomic E-state index is 12.4. The van der Waals surface area contributed by atoms with Crippen LogP contribution in [0.4, 0.5) is 0 Å². The Morgan fingerprint density at radius 2 is 1.85 bits per heavy atom. The van der Waals surface area contributed by atoms with Crippen molar-refractivity contribution in [2.45, 2.75) is 19.0 Å². The van der Waals surface area contributed by atoms with Crippen LogP contribution in [0.25, 0.3) is 0 Å². The molecule has 0 saturated heterocycles. The van der Waals surface area contributed by atoms with E-state index in [1.807, 2.05) is 48.5 Å². The predicted molar refractivity (Wildman–Crippen MR) is 79.2 cm³/mol. The second-order valence-electron chi connectivity index (χ2n) is 5.04. The van der Waals surface area contributed by atoms with Crippen molar-refractivity contribution >= 4 is 5.91 Å². The lowest BCUT2D eigenvalue weighted by Crippen LogP contribution is -2.41. The average Bonchev–Trinajstić information content (AvgIpc) is 2.53. The molecule has 3 heteroatoms. The van der Waals surface area contributed by atoms with E-state index in [1.165, 1.54) is 5.56 Å². The summed E-state index contributed by atoms with van der Waals surface area (Å²) in [6, 6.07) is 17.9. The van der Waals surface area contributed by atoms with Crippen molar-refractivity contribution < 1.29 is 4.79 Å². The van der Waals surface area contributed by atoms with Gasteiger partial charge in [0.2, 0.25) is 5.91 Å². The molecule has 2 N–H and O–H groups in total. The number of carbonyl (C=O) groups excluding carboxylic acids is 1. The molecule has 1 aliphatic heterocycles. The van der Waals surface area contributed by atoms with Crippen LogP contribution >= 0.6 is 0 Å². The van der Waals surface area contributed by atoms with Gasteiger partial charge in [-0.2, -0.15) is 0 Å². The lowest BCUT2D eigenvalue weighted by atomic mass is 9.94. The molecule has 3 nitrogen and oxygen atoms in total. The fraction of sp³-hybridized carbons (Fsp3) is 0.235. The van der Waals surface area contributed by atoms with Crippen LogP contribution in [-0.2, 0) is 17.8 Å². The first-order valence-corrected chi connectivity index (χ1v) is 6.97. The van der Waals surface area contributed by atoms with Crippen LogP contribution in [0.5, 0.6) is 0 Å². The first kappa shape index (κ1) is 12.9. The topological polar surface area (TPSA) is 41.1 Å². The maximum Gasteiger partial charge on any atom is 0.242 e. The van der Waals surface area contributed by atoms with Crippen LogP contribution in [0, 0.1) is 0 Å². The zero-order chi connectivity index (χ0) is 13.8. The molecule has 1 atom stereocenters. The summed E-state index contributed by atoms with van der Waals surface area (Å²) in [5.41, 5.74) is 3.49. The van der Waals surface area contributed by atoms with E-state index in [2.05, 4.69) is 16.7 Å². The van der Waals surface area contributed by atoms with Crippen LogP contribution in [0.2, 0.25) is 0 Å². The number of fused-ring (bicyclic) bond motifs is 1. The highest BCUT2D eigenvalue weighted by Crippen LogP contribution is 2.22. The van der Waals surface area contributed by atoms with Gasteiger partial charge in [0.15, 0.2) is 0 Å². The molecule has 1 unspecified atom stereocenters. The van der Waals surface area contributed by atoms with Gasteiger partial charge in [-0.25, -0.2) is 0 Å². The number of rotatable bonds is 3. The SMILES string of the molecule is O=C(NCc1ccccc1)C1NCCc2ccccc21. The second kappa shape index (κ2) is 5.88. The minimum atomic E-state index is -0.233. The molecule has 102 valence electrons. The number of nitrogens with one attached hydrogen (secondary N) is 2. The smallest absolute Gasteiger partial charge is 0.242 e. The van der Waals surface area contributed by atoms with E-state index in [0.29, 0.717) is 6.54 Å². The normalized spacial score (nSPS) is 17.3. The Labute approximate surface area is 119 Å². The van der Waals surface area contributed by atoms with Crippen LogP contribution in [0.15, 0.2) is 54.6 Å². The average molecular weight is 266 g/mol. The molecule has 0 aliphatic carbocycles. The lowest BCUT2D eigenvalue weighted by molar-refractivity contribution is -0.123. The number of amides is 1. The van der Waals surface area contributed by atoms with Gasteiger partial charge in [-0.15, -0.1) is 0 Å². The Morgan fingerprint density at radius 1 is 1.10 bits per heavy atom. The molecule has 0 spiro atoms. The molecule has 0 fully saturated rings. The Kier molecular flexibility index (Phi) is 3.79. The molecule has 0 radical (unpaired) electrons. The molecule has 1 aliphatic rings. The summed E-state index contributed by atoms with van der Waals surface area (Å²) in [6.45, 7) is 1.42. The van der Waals surface area contributed by atoms with E-state index in [0.717, 1.165) is 24.1 Å². The van der Waals surface area contributed by atoms with Crippen LogP contribution in [0.3, 0.4) is 0 Å². The van der Waals surface area contributed by atoms with E-state index in [9.17, 15) is 4.79 Å². The van der Waals surface area contributed by atoms with Gasteiger partial charge in [-0.1, -0.05) is 54.6 Å². The Hall–Kier alpha value is -2.13. The fourth-order valence-corrected chi connectivity index (χ4v) is 2.63. The van der Waals surface area contributed by atoms with E-state index in [1.54, 1.807) is 0 Å². The molecule has 1 amide bonds. The van der Waals surface area contributed by atoms with Gasteiger partial charge in [0.1, 0.15) is 6.04 Å². The largest absolute Gasteiger partial charge is 0.350 e. The highest BCUT2D eigenvalue weighted by Gasteiger charge is 2.25. The summed E-state index contributed by atoms with van der Waals surface area (Å²) < 4.78 is 0. The van der Waals surface area contributed by atoms with Crippen molar-refractivity contribution in [3.05, 3.63) is 71.3 Å². The monoisotopic (exact) mass is 266 g/mol. The summed E-state index contributed by atoms with van der Waals surface area (Å²) >= 11 is 0. The van der Waals surface area contributed by atoms with Gasteiger partial charge in [-0.3, -0.25) is 4.79 Å². The summed E-state index contributed by atoms with van der Waals surface area (Å²) in [5.74, 6) is 0.0426. The Balaban J connectivity index is 1.69. The molecule has 0 saturated carbocycles. The molecule has 20 heavy (non-hydrogen) atoms. The molecule has 0 aromatic heterocycles. The van der Waals surface area contributed by atoms with E-state index >= 15 is 0 Å². The Bertz CT molecular complexity index is 595. The van der Waals surface area contributed by atoms with Gasteiger partial charge in [0.25, 0.3) is 0 Å². The standard InChI is InChI=1S/C17H18N2O/c20-17(19-12-13-6-2-1-3-7-13)16-15-9-5-4-8-14(15)10-11-18-16/h1-9,16,18H,10-12H2,(H,19,20). The van der Waals surface area contributed by atoms with Crippen LogP contribution < -0.4 is 10.6 Å². The van der Waals surface area contributed by atoms with Crippen LogP contribution in [0.1, 0.15) is 22.7 Å². The van der Waals surface area contributed by atoms with Gasteiger partial charge < -0.3 is 10.6 Å². The predicted octanol–water partition coefficient (Wildman–Crippen LogP) is 2.19. The van der Waals surface area contributed by atoms with Gasteiger partial charge in [-0.05, 0) is 23.1 Å². The van der Waals surface area contributed by atoms with Crippen molar-refractivity contribution in [2.24, 2.45) is 0 Å². The van der Waals surface area contributed by atoms with E-state index in [4.69, 9.17) is 0 Å². The number of carbonyl (C=O) groups is 1. The lowest BCUT2D eigenvalue weighted by Gasteiger charge is -2.26. The third kappa shape index (κ3) is 2.73. The highest BCUT2D eigenvalue weighted by atomic mass is 16.2. The number of hydrogen-bond donors (Lipinski definition) is 2. The van der Waals surface area contributed by atoms with Gasteiger partial charge in [0, 0.05) is 13.1 Å². The molecule has 3 rings (SSSR count). The summed E-state index contributed by atoms with van der Waals surface area (Å²) in [5, 5.41) is 6.31. The molecule has 0 bridgehead atoms. The summed E-state index contributed by atoms with van der Waals surface area (Å²) in [7, 11) is 0. The second-order valence-corrected chi connectivity index (χ2v) is 5.04. The molecule has 2 aromatic rings. The van der Waals surface area contributed by atoms with Crippen molar-refractivity contribution in [1.82, 2.24) is 10.6 Å². The van der Waals surface area contributed by atoms with Crippen molar-refractivity contribution in [1.29, 1.82) is 0 Å². The first-order valence-electron chi connectivity index (χ1n) is 6.97. The molecular weight excluding hydrogens is 248 g/mol. The quantitative estimate of drug-likeness (QED) is 0.894. The zero-order valence-corrected chi connectivity index (χ0v) is 11.3. The highest BCUT2D eigenvalue weighted by molar-refractivity contribution is 5.83.